The van der Waals surface area contributed by atoms with Gasteiger partial charge in [0.05, 0.1) is 22.1 Å². The fraction of sp³-hybridized carbons (Fsp3) is 0.153. The van der Waals surface area contributed by atoms with Crippen molar-refractivity contribution in [2.24, 2.45) is 0 Å². The summed E-state index contributed by atoms with van der Waals surface area (Å²) in [5.41, 5.74) is 26.6. The molecule has 0 radical (unpaired) electrons. The molecule has 12 aromatic carbocycles. The molecule has 0 N–H and O–H groups in total. The molecular weight excluding hydrogens is 1050 g/mol. The summed E-state index contributed by atoms with van der Waals surface area (Å²) >= 11 is 0. The third-order valence-corrected chi connectivity index (χ3v) is 19.2. The molecular formula is C85H72N2. The van der Waals surface area contributed by atoms with Gasteiger partial charge in [0, 0.05) is 33.4 Å². The third-order valence-electron chi connectivity index (χ3n) is 19.2. The molecule has 1 aromatic heterocycles. The Labute approximate surface area is 513 Å². The maximum atomic E-state index is 2.55. The number of aryl methyl sites for hydroxylation is 1. The highest BCUT2D eigenvalue weighted by Crippen LogP contribution is 2.58. The summed E-state index contributed by atoms with van der Waals surface area (Å²) in [6, 6.07) is 109. The van der Waals surface area contributed by atoms with Gasteiger partial charge in [0.2, 0.25) is 0 Å². The molecule has 87 heavy (non-hydrogen) atoms. The Bertz CT molecular complexity index is 4510. The van der Waals surface area contributed by atoms with E-state index in [0.29, 0.717) is 5.92 Å². The molecule has 0 spiro atoms. The number of benzene rings is 12. The second-order valence-corrected chi connectivity index (χ2v) is 24.3. The van der Waals surface area contributed by atoms with Gasteiger partial charge in [0.15, 0.2) is 0 Å². The molecule has 2 heteroatoms. The maximum absolute atomic E-state index is 2.55. The SMILES string of the molecule is CCCCCCc1ccc2c(c1)c1cc(C3CCCCC3)ccc1n2-c1ccc(-c2ccc(-c3ccc(N(c4ccc5c(c4)C(c4ccccc4)(c4ccccc4)c4ccccc4-5)c4ccccc4-c4cccc(-c5ccccc5)c4)cc3)cc2)cc1. The van der Waals surface area contributed by atoms with E-state index in [-0.39, 0.29) is 0 Å². The Morgan fingerprint density at radius 1 is 0.379 bits per heavy atom. The number of anilines is 3. The predicted molar refractivity (Wildman–Crippen MR) is 368 cm³/mol. The van der Waals surface area contributed by atoms with Gasteiger partial charge < -0.3 is 9.47 Å². The summed E-state index contributed by atoms with van der Waals surface area (Å²) in [6.45, 7) is 2.30. The number of fused-ring (bicyclic) bond motifs is 6. The Kier molecular flexibility index (Phi) is 14.6. The van der Waals surface area contributed by atoms with Gasteiger partial charge in [-0.05, 0) is 188 Å². The standard InChI is InChI=1S/C85H72N2/c1-2-3-4-9-23-60-38-54-83-78(56-60)79-58-68(62-26-12-6-13-27-62)47-55-84(79)87(83)73-50-45-66(46-51-73)64-41-39-63(40-42-64)65-43-48-72(49-44-65)86(82-37-21-19-34-75(82)69-29-22-28-67(57-69)61-24-10-5-11-25-61)74-52-53-77-76-35-18-20-36-80(76)85(81(77)59-74,70-30-14-7-15-31-70)71-32-16-8-17-33-71/h5,7-8,10-11,14-22,24-25,28-59,62H,2-4,6,9,12-13,23,26-27H2,1H3. The van der Waals surface area contributed by atoms with E-state index in [9.17, 15) is 0 Å². The number of hydrogen-bond donors (Lipinski definition) is 0. The lowest BCUT2D eigenvalue weighted by Gasteiger charge is -2.35. The highest BCUT2D eigenvalue weighted by molar-refractivity contribution is 6.10. The minimum atomic E-state index is -0.541. The predicted octanol–water partition coefficient (Wildman–Crippen LogP) is 23.5. The molecule has 2 aliphatic rings. The molecule has 2 aliphatic carbocycles. The molecule has 0 unspecified atom stereocenters. The highest BCUT2D eigenvalue weighted by atomic mass is 15.1. The molecule has 13 aromatic rings. The second-order valence-electron chi connectivity index (χ2n) is 24.3. The van der Waals surface area contributed by atoms with Crippen LogP contribution in [0, 0.1) is 0 Å². The first-order valence-electron chi connectivity index (χ1n) is 31.9. The molecule has 0 amide bonds. The molecule has 0 bridgehead atoms. The van der Waals surface area contributed by atoms with Crippen LogP contribution in [0.5, 0.6) is 0 Å². The van der Waals surface area contributed by atoms with Gasteiger partial charge in [0.25, 0.3) is 0 Å². The summed E-state index contributed by atoms with van der Waals surface area (Å²) in [5, 5.41) is 2.77. The van der Waals surface area contributed by atoms with E-state index >= 15 is 0 Å². The number of aromatic nitrogens is 1. The van der Waals surface area contributed by atoms with Crippen molar-refractivity contribution >= 4 is 38.9 Å². The zero-order valence-electron chi connectivity index (χ0n) is 49.8. The number of para-hydroxylation sites is 1. The van der Waals surface area contributed by atoms with Gasteiger partial charge in [-0.3, -0.25) is 0 Å². The van der Waals surface area contributed by atoms with Crippen LogP contribution in [0.3, 0.4) is 0 Å². The van der Waals surface area contributed by atoms with E-state index in [1.54, 1.807) is 0 Å². The van der Waals surface area contributed by atoms with E-state index < -0.39 is 5.41 Å². The van der Waals surface area contributed by atoms with Crippen molar-refractivity contribution in [1.29, 1.82) is 0 Å². The van der Waals surface area contributed by atoms with Gasteiger partial charge in [-0.2, -0.15) is 0 Å². The van der Waals surface area contributed by atoms with Gasteiger partial charge in [-0.15, -0.1) is 0 Å². The van der Waals surface area contributed by atoms with Gasteiger partial charge in [0.1, 0.15) is 0 Å². The Hall–Kier alpha value is -9.76. The summed E-state index contributed by atoms with van der Waals surface area (Å²) < 4.78 is 2.50. The minimum Gasteiger partial charge on any atom is -0.310 e. The third kappa shape index (κ3) is 9.98. The van der Waals surface area contributed by atoms with Crippen molar-refractivity contribution in [1.82, 2.24) is 4.57 Å². The number of nitrogens with zero attached hydrogens (tertiary/aromatic N) is 2. The fourth-order valence-corrected chi connectivity index (χ4v) is 14.8. The van der Waals surface area contributed by atoms with Crippen LogP contribution >= 0.6 is 0 Å². The quantitative estimate of drug-likeness (QED) is 0.0876. The molecule has 0 aliphatic heterocycles. The zero-order valence-corrected chi connectivity index (χ0v) is 49.8. The van der Waals surface area contributed by atoms with Crippen LogP contribution in [-0.2, 0) is 11.8 Å². The largest absolute Gasteiger partial charge is 0.310 e. The van der Waals surface area contributed by atoms with E-state index in [1.807, 2.05) is 0 Å². The average molecular weight is 1120 g/mol. The highest BCUT2D eigenvalue weighted by Gasteiger charge is 2.46. The lowest BCUT2D eigenvalue weighted by molar-refractivity contribution is 0.444. The number of unbranched alkanes of at least 4 members (excludes halogenated alkanes) is 3. The molecule has 1 saturated carbocycles. The van der Waals surface area contributed by atoms with Crippen molar-refractivity contribution in [3.8, 4) is 61.3 Å². The molecule has 2 nitrogen and oxygen atoms in total. The molecule has 1 fully saturated rings. The smallest absolute Gasteiger partial charge is 0.0714 e. The van der Waals surface area contributed by atoms with Crippen LogP contribution in [0.15, 0.2) is 291 Å². The lowest BCUT2D eigenvalue weighted by Crippen LogP contribution is -2.28. The van der Waals surface area contributed by atoms with Crippen molar-refractivity contribution in [3.05, 3.63) is 325 Å². The van der Waals surface area contributed by atoms with Crippen LogP contribution in [0.1, 0.15) is 104 Å². The molecule has 422 valence electrons. The summed E-state index contributed by atoms with van der Waals surface area (Å²) in [7, 11) is 0. The van der Waals surface area contributed by atoms with Crippen molar-refractivity contribution in [2.75, 3.05) is 4.90 Å². The van der Waals surface area contributed by atoms with Crippen molar-refractivity contribution < 1.29 is 0 Å². The lowest BCUT2D eigenvalue weighted by atomic mass is 9.67. The van der Waals surface area contributed by atoms with Crippen molar-refractivity contribution in [2.45, 2.75) is 82.5 Å². The van der Waals surface area contributed by atoms with E-state index in [4.69, 9.17) is 0 Å². The van der Waals surface area contributed by atoms with Gasteiger partial charge >= 0.3 is 0 Å². The topological polar surface area (TPSA) is 8.17 Å². The molecule has 0 saturated heterocycles. The molecule has 1 heterocycles. The summed E-state index contributed by atoms with van der Waals surface area (Å²) in [6.07, 6.45) is 12.9. The van der Waals surface area contributed by atoms with Crippen LogP contribution in [0.25, 0.3) is 83.1 Å². The minimum absolute atomic E-state index is 0.541. The van der Waals surface area contributed by atoms with Crippen LogP contribution in [-0.4, -0.2) is 4.57 Å². The Morgan fingerprint density at radius 2 is 0.920 bits per heavy atom. The summed E-state index contributed by atoms with van der Waals surface area (Å²) in [5.74, 6) is 0.668. The van der Waals surface area contributed by atoms with Crippen LogP contribution in [0.2, 0.25) is 0 Å². The van der Waals surface area contributed by atoms with E-state index in [1.165, 1.54) is 163 Å². The molecule has 0 atom stereocenters. The van der Waals surface area contributed by atoms with Gasteiger partial charge in [-0.1, -0.05) is 264 Å². The van der Waals surface area contributed by atoms with Crippen molar-refractivity contribution in [3.63, 3.8) is 0 Å². The number of hydrogen-bond acceptors (Lipinski definition) is 1. The zero-order chi connectivity index (χ0) is 58.1. The van der Waals surface area contributed by atoms with Crippen LogP contribution < -0.4 is 4.90 Å². The molecule has 15 rings (SSSR count). The van der Waals surface area contributed by atoms with Gasteiger partial charge in [-0.25, -0.2) is 0 Å². The fourth-order valence-electron chi connectivity index (χ4n) is 14.8. The monoisotopic (exact) mass is 1120 g/mol. The normalized spacial score (nSPS) is 13.6. The van der Waals surface area contributed by atoms with E-state index in [2.05, 4.69) is 308 Å². The summed E-state index contributed by atoms with van der Waals surface area (Å²) in [4.78, 5) is 2.48. The first-order valence-corrected chi connectivity index (χ1v) is 31.9. The first kappa shape index (κ1) is 53.9. The van der Waals surface area contributed by atoms with E-state index in [0.717, 1.165) is 34.6 Å². The Morgan fingerprint density at radius 3 is 1.61 bits per heavy atom. The maximum Gasteiger partial charge on any atom is 0.0714 e. The first-order chi connectivity index (χ1) is 43.1. The number of rotatable bonds is 16. The Balaban J connectivity index is 0.783. The van der Waals surface area contributed by atoms with Crippen LogP contribution in [0.4, 0.5) is 17.1 Å². The average Bonchev–Trinajstić information content (AvgIpc) is 1.65. The second kappa shape index (κ2) is 23.6.